The van der Waals surface area contributed by atoms with Gasteiger partial charge in [-0.15, -0.1) is 0 Å². The van der Waals surface area contributed by atoms with Gasteiger partial charge in [0.1, 0.15) is 0 Å². The zero-order valence-corrected chi connectivity index (χ0v) is 17.9. The fraction of sp³-hybridized carbons (Fsp3) is 1.00. The van der Waals surface area contributed by atoms with Crippen LogP contribution in [-0.2, 0) is 25.9 Å². The smallest absolute Gasteiger partial charge is 0.802 e. The predicted octanol–water partition coefficient (Wildman–Crippen LogP) is 4.36. The first kappa shape index (κ1) is 28.7. The Bertz CT molecular complexity index is 240. The molecule has 0 aromatic carbocycles. The van der Waals surface area contributed by atoms with E-state index >= 15 is 0 Å². The number of rotatable bonds is 14. The minimum Gasteiger partial charge on any atom is -0.802 e. The van der Waals surface area contributed by atoms with Crippen LogP contribution in [0.2, 0.25) is 0 Å². The Morgan fingerprint density at radius 1 is 0.565 bits per heavy atom. The summed E-state index contributed by atoms with van der Waals surface area (Å²) in [7, 11) is -4.85. The molecule has 0 heterocycles. The van der Waals surface area contributed by atoms with Gasteiger partial charge in [-0.2, -0.15) is 0 Å². The quantitative estimate of drug-likeness (QED) is 0.313. The molecule has 0 aliphatic carbocycles. The molecule has 0 bridgehead atoms. The van der Waals surface area contributed by atoms with E-state index in [4.69, 9.17) is 0 Å². The summed E-state index contributed by atoms with van der Waals surface area (Å²) in [6.45, 7) is 4.35. The van der Waals surface area contributed by atoms with Gasteiger partial charge in [0.2, 0.25) is 0 Å². The molecule has 23 heavy (non-hydrogen) atoms. The molecule has 0 amide bonds. The van der Waals surface area contributed by atoms with Crippen LogP contribution in [-0.4, -0.2) is 12.3 Å². The van der Waals surface area contributed by atoms with Gasteiger partial charge >= 0.3 is 16.8 Å². The Balaban J connectivity index is -0.000000333. The summed E-state index contributed by atoms with van der Waals surface area (Å²) in [5, 5.41) is 0. The zero-order chi connectivity index (χ0) is 17.1. The molecule has 0 spiro atoms. The van der Waals surface area contributed by atoms with E-state index < -0.39 is 16.1 Å². The van der Waals surface area contributed by atoms with Crippen molar-refractivity contribution >= 4 is 16.1 Å². The van der Waals surface area contributed by atoms with Crippen LogP contribution in [0.4, 0.5) is 0 Å². The summed E-state index contributed by atoms with van der Waals surface area (Å²) < 4.78 is 20.3. The molecule has 0 fully saturated rings. The van der Waals surface area contributed by atoms with Gasteiger partial charge in [0.25, 0.3) is 0 Å². The summed E-state index contributed by atoms with van der Waals surface area (Å²) >= 11 is 0. The Labute approximate surface area is 155 Å². The number of unbranched alkanes of at least 4 members (excludes halogenated alkanes) is 10. The topological polar surface area (TPSA) is 80.3 Å². The average molecular weight is 413 g/mol. The van der Waals surface area contributed by atoms with E-state index in [1.54, 1.807) is 0 Å². The maximum atomic E-state index is 10.2. The molecule has 0 saturated heterocycles. The first-order valence-electron chi connectivity index (χ1n) is 8.94. The minimum absolute atomic E-state index is 0. The van der Waals surface area contributed by atoms with E-state index in [0.717, 1.165) is 25.7 Å². The molecule has 2 unspecified atom stereocenters. The van der Waals surface area contributed by atoms with Crippen LogP contribution in [0.5, 0.6) is 0 Å². The molecule has 0 rings (SSSR count). The zero-order valence-electron chi connectivity index (χ0n) is 14.9. The van der Waals surface area contributed by atoms with Crippen molar-refractivity contribution in [1.29, 1.82) is 0 Å². The molecule has 1 radical (unpaired) electrons. The second-order valence-electron chi connectivity index (χ2n) is 5.78. The first-order chi connectivity index (χ1) is 10.5. The molecule has 0 N–H and O–H groups in total. The minimum atomic E-state index is -2.43. The van der Waals surface area contributed by atoms with E-state index in [2.05, 4.69) is 13.8 Å². The summed E-state index contributed by atoms with van der Waals surface area (Å²) in [4.78, 5) is 20.3. The van der Waals surface area contributed by atoms with Crippen molar-refractivity contribution in [3.05, 3.63) is 0 Å². The van der Waals surface area contributed by atoms with Crippen molar-refractivity contribution in [2.24, 2.45) is 0 Å². The van der Waals surface area contributed by atoms with Gasteiger partial charge in [-0.3, -0.25) is 0 Å². The van der Waals surface area contributed by atoms with Gasteiger partial charge in [0, 0.05) is 16.1 Å². The van der Waals surface area contributed by atoms with Gasteiger partial charge in [0.05, 0.1) is 0 Å². The van der Waals surface area contributed by atoms with Crippen LogP contribution in [0, 0.1) is 0 Å². The standard InChI is InChI=1S/2C8H19O2P.Co/c2*1-2-3-4-5-6-7-8-11(9)10;/h2*11H,2-8H2,1H3,(H,9,10);/q;;+2/p-2. The fourth-order valence-electron chi connectivity index (χ4n) is 2.10. The van der Waals surface area contributed by atoms with Crippen molar-refractivity contribution in [3.63, 3.8) is 0 Å². The molecule has 0 saturated carbocycles. The summed E-state index contributed by atoms with van der Waals surface area (Å²) in [5.74, 6) is 0. The Hall–Kier alpha value is 0.886. The fourth-order valence-corrected chi connectivity index (χ4v) is 3.18. The van der Waals surface area contributed by atoms with Crippen molar-refractivity contribution < 1.29 is 35.7 Å². The average Bonchev–Trinajstić information content (AvgIpc) is 2.46. The molecule has 0 aromatic rings. The molecule has 0 aromatic heterocycles. The van der Waals surface area contributed by atoms with E-state index in [1.165, 1.54) is 51.4 Å². The molecular weight excluding hydrogens is 377 g/mol. The molecule has 2 atom stereocenters. The molecular formula is C16H36CoO4P2. The third-order valence-corrected chi connectivity index (χ3v) is 4.99. The van der Waals surface area contributed by atoms with Crippen molar-refractivity contribution in [2.45, 2.75) is 90.9 Å². The van der Waals surface area contributed by atoms with Gasteiger partial charge in [-0.1, -0.05) is 78.1 Å². The van der Waals surface area contributed by atoms with Crippen LogP contribution in [0.25, 0.3) is 0 Å². The van der Waals surface area contributed by atoms with E-state index in [9.17, 15) is 18.9 Å². The van der Waals surface area contributed by atoms with Gasteiger partial charge in [0.15, 0.2) is 0 Å². The van der Waals surface area contributed by atoms with Crippen LogP contribution in [0.3, 0.4) is 0 Å². The monoisotopic (exact) mass is 413 g/mol. The van der Waals surface area contributed by atoms with Crippen LogP contribution < -0.4 is 9.79 Å². The molecule has 4 nitrogen and oxygen atoms in total. The predicted molar refractivity (Wildman–Crippen MR) is 94.5 cm³/mol. The second kappa shape index (κ2) is 25.1. The SMILES string of the molecule is CCCCCCCC[PH](=O)[O-].CCCCCCCC[PH](=O)[O-].[Co+2]. The number of hydrogen-bond acceptors (Lipinski definition) is 4. The van der Waals surface area contributed by atoms with Gasteiger partial charge < -0.3 is 18.9 Å². The van der Waals surface area contributed by atoms with Gasteiger partial charge in [-0.25, -0.2) is 0 Å². The maximum absolute atomic E-state index is 10.2. The molecule has 0 aliphatic rings. The third-order valence-electron chi connectivity index (χ3n) is 3.47. The van der Waals surface area contributed by atoms with Crippen LogP contribution in [0.1, 0.15) is 90.9 Å². The van der Waals surface area contributed by atoms with Crippen molar-refractivity contribution in [2.75, 3.05) is 12.3 Å². The normalized spacial score (nSPS) is 12.7. The van der Waals surface area contributed by atoms with E-state index in [0.29, 0.717) is 12.3 Å². The maximum Gasteiger partial charge on any atom is 2.00 e. The Kier molecular flexibility index (Phi) is 31.3. The first-order valence-corrected chi connectivity index (χ1v) is 12.0. The number of hydrogen-bond donors (Lipinski definition) is 0. The molecule has 0 aliphatic heterocycles. The molecule has 7 heteroatoms. The second-order valence-corrected chi connectivity index (χ2v) is 8.27. The van der Waals surface area contributed by atoms with E-state index in [-0.39, 0.29) is 16.8 Å². The van der Waals surface area contributed by atoms with Crippen molar-refractivity contribution in [3.8, 4) is 0 Å². The largest absolute Gasteiger partial charge is 2.00 e. The Morgan fingerprint density at radius 3 is 1.09 bits per heavy atom. The third kappa shape index (κ3) is 35.0. The Morgan fingerprint density at radius 2 is 0.826 bits per heavy atom. The van der Waals surface area contributed by atoms with Crippen LogP contribution >= 0.6 is 16.1 Å². The van der Waals surface area contributed by atoms with Gasteiger partial charge in [-0.05, 0) is 25.2 Å². The van der Waals surface area contributed by atoms with Crippen LogP contribution in [0.15, 0.2) is 0 Å². The van der Waals surface area contributed by atoms with E-state index in [1.807, 2.05) is 0 Å². The summed E-state index contributed by atoms with van der Waals surface area (Å²) in [6.07, 6.45) is 14.7. The van der Waals surface area contributed by atoms with Crippen molar-refractivity contribution in [1.82, 2.24) is 0 Å². The summed E-state index contributed by atoms with van der Waals surface area (Å²) in [5.41, 5.74) is 0. The molecule has 143 valence electrons. The summed E-state index contributed by atoms with van der Waals surface area (Å²) in [6, 6.07) is 0.